The van der Waals surface area contributed by atoms with Gasteiger partial charge in [0.2, 0.25) is 0 Å². The minimum absolute atomic E-state index is 0.0294. The normalized spacial score (nSPS) is 15.1. The van der Waals surface area contributed by atoms with Crippen LogP contribution in [0.3, 0.4) is 0 Å². The number of carbonyl (C=O) groups excluding carboxylic acids is 1. The van der Waals surface area contributed by atoms with Gasteiger partial charge in [0.25, 0.3) is 5.91 Å². The fourth-order valence-electron chi connectivity index (χ4n) is 3.66. The number of rotatable bonds is 6. The standard InChI is InChI=1S/C23H25N3O/c1-26(2)22(17-12-13-17)15-24-23(27)19-14-21(16-8-4-3-5-9-16)25-20-11-7-6-10-18(19)20/h3-11,14,17,22H,12-13,15H2,1-2H3,(H,24,27). The first-order valence-corrected chi connectivity index (χ1v) is 9.53. The number of amides is 1. The van der Waals surface area contributed by atoms with Crippen molar-refractivity contribution >= 4 is 16.8 Å². The van der Waals surface area contributed by atoms with Crippen molar-refractivity contribution in [2.45, 2.75) is 18.9 Å². The lowest BCUT2D eigenvalue weighted by Crippen LogP contribution is -2.41. The summed E-state index contributed by atoms with van der Waals surface area (Å²) in [5.41, 5.74) is 3.37. The Morgan fingerprint density at radius 1 is 1.11 bits per heavy atom. The van der Waals surface area contributed by atoms with E-state index in [1.165, 1.54) is 12.8 Å². The molecular weight excluding hydrogens is 334 g/mol. The second-order valence-corrected chi connectivity index (χ2v) is 7.52. The number of likely N-dealkylation sites (N-methyl/N-ethyl adjacent to an activating group) is 1. The Balaban J connectivity index is 1.66. The molecule has 1 saturated carbocycles. The molecule has 1 heterocycles. The fraction of sp³-hybridized carbons (Fsp3) is 0.304. The lowest BCUT2D eigenvalue weighted by Gasteiger charge is -2.24. The van der Waals surface area contributed by atoms with E-state index in [1.807, 2.05) is 60.7 Å². The summed E-state index contributed by atoms with van der Waals surface area (Å²) < 4.78 is 0. The van der Waals surface area contributed by atoms with E-state index in [9.17, 15) is 4.79 Å². The molecule has 3 aromatic rings. The highest BCUT2D eigenvalue weighted by Gasteiger charge is 2.32. The molecule has 27 heavy (non-hydrogen) atoms. The number of pyridine rings is 1. The maximum absolute atomic E-state index is 13.1. The Bertz CT molecular complexity index is 946. The van der Waals surface area contributed by atoms with E-state index in [4.69, 9.17) is 4.98 Å². The van der Waals surface area contributed by atoms with Crippen molar-refractivity contribution < 1.29 is 4.79 Å². The summed E-state index contributed by atoms with van der Waals surface area (Å²) in [4.78, 5) is 20.0. The third-order valence-electron chi connectivity index (χ3n) is 5.33. The van der Waals surface area contributed by atoms with E-state index in [0.29, 0.717) is 24.1 Å². The molecule has 1 N–H and O–H groups in total. The monoisotopic (exact) mass is 359 g/mol. The molecule has 0 saturated heterocycles. The molecule has 1 amide bonds. The van der Waals surface area contributed by atoms with Crippen LogP contribution in [0.4, 0.5) is 0 Å². The smallest absolute Gasteiger partial charge is 0.252 e. The zero-order chi connectivity index (χ0) is 18.8. The molecule has 1 aliphatic rings. The molecule has 4 rings (SSSR count). The van der Waals surface area contributed by atoms with Gasteiger partial charge in [-0.25, -0.2) is 4.98 Å². The molecule has 4 heteroatoms. The molecule has 0 spiro atoms. The van der Waals surface area contributed by atoms with Gasteiger partial charge in [0.15, 0.2) is 0 Å². The van der Waals surface area contributed by atoms with Crippen LogP contribution in [0, 0.1) is 5.92 Å². The number of aromatic nitrogens is 1. The van der Waals surface area contributed by atoms with Crippen LogP contribution in [0.15, 0.2) is 60.7 Å². The molecule has 1 unspecified atom stereocenters. The van der Waals surface area contributed by atoms with Crippen molar-refractivity contribution in [2.75, 3.05) is 20.6 Å². The van der Waals surface area contributed by atoms with Crippen molar-refractivity contribution in [1.82, 2.24) is 15.2 Å². The molecular formula is C23H25N3O. The topological polar surface area (TPSA) is 45.2 Å². The molecule has 4 nitrogen and oxygen atoms in total. The minimum Gasteiger partial charge on any atom is -0.350 e. The van der Waals surface area contributed by atoms with Crippen LogP contribution in [-0.4, -0.2) is 42.5 Å². The number of hydrogen-bond acceptors (Lipinski definition) is 3. The third kappa shape index (κ3) is 3.86. The number of fused-ring (bicyclic) bond motifs is 1. The number of hydrogen-bond donors (Lipinski definition) is 1. The van der Waals surface area contributed by atoms with Gasteiger partial charge in [-0.05, 0) is 45.0 Å². The van der Waals surface area contributed by atoms with Gasteiger partial charge in [0.05, 0.1) is 16.8 Å². The summed E-state index contributed by atoms with van der Waals surface area (Å²) in [6.45, 7) is 0.674. The quantitative estimate of drug-likeness (QED) is 0.724. The van der Waals surface area contributed by atoms with Crippen molar-refractivity contribution in [3.05, 3.63) is 66.2 Å². The molecule has 2 aromatic carbocycles. The Hall–Kier alpha value is -2.72. The number of benzene rings is 2. The van der Waals surface area contributed by atoms with Gasteiger partial charge >= 0.3 is 0 Å². The van der Waals surface area contributed by atoms with Gasteiger partial charge in [0, 0.05) is 23.5 Å². The van der Waals surface area contributed by atoms with Crippen molar-refractivity contribution in [1.29, 1.82) is 0 Å². The second-order valence-electron chi connectivity index (χ2n) is 7.52. The summed E-state index contributed by atoms with van der Waals surface area (Å²) in [6.07, 6.45) is 2.52. The highest BCUT2D eigenvalue weighted by atomic mass is 16.1. The molecule has 0 radical (unpaired) electrons. The summed E-state index contributed by atoms with van der Waals surface area (Å²) in [5, 5.41) is 4.06. The van der Waals surface area contributed by atoms with E-state index in [-0.39, 0.29) is 5.91 Å². The first-order chi connectivity index (χ1) is 13.1. The van der Waals surface area contributed by atoms with E-state index in [1.54, 1.807) is 0 Å². The van der Waals surface area contributed by atoms with Crippen LogP contribution in [0.2, 0.25) is 0 Å². The minimum atomic E-state index is -0.0294. The summed E-state index contributed by atoms with van der Waals surface area (Å²) >= 11 is 0. The SMILES string of the molecule is CN(C)C(CNC(=O)c1cc(-c2ccccc2)nc2ccccc12)C1CC1. The summed E-state index contributed by atoms with van der Waals surface area (Å²) in [5.74, 6) is 0.674. The number of nitrogens with one attached hydrogen (secondary N) is 1. The van der Waals surface area contributed by atoms with Gasteiger partial charge in [-0.2, -0.15) is 0 Å². The number of para-hydroxylation sites is 1. The van der Waals surface area contributed by atoms with Crippen LogP contribution in [0.1, 0.15) is 23.2 Å². The summed E-state index contributed by atoms with van der Waals surface area (Å²) in [6, 6.07) is 20.2. The largest absolute Gasteiger partial charge is 0.350 e. The first-order valence-electron chi connectivity index (χ1n) is 9.53. The van der Waals surface area contributed by atoms with Crippen LogP contribution < -0.4 is 5.32 Å². The number of carbonyl (C=O) groups is 1. The van der Waals surface area contributed by atoms with Gasteiger partial charge in [-0.3, -0.25) is 4.79 Å². The van der Waals surface area contributed by atoms with Crippen molar-refractivity contribution in [3.8, 4) is 11.3 Å². The zero-order valence-electron chi connectivity index (χ0n) is 15.9. The molecule has 138 valence electrons. The highest BCUT2D eigenvalue weighted by molar-refractivity contribution is 6.07. The van der Waals surface area contributed by atoms with E-state index < -0.39 is 0 Å². The van der Waals surface area contributed by atoms with E-state index in [0.717, 1.165) is 22.2 Å². The van der Waals surface area contributed by atoms with Gasteiger partial charge < -0.3 is 10.2 Å². The molecule has 1 atom stereocenters. The Kier molecular flexibility index (Phi) is 4.90. The zero-order valence-corrected chi connectivity index (χ0v) is 15.9. The lowest BCUT2D eigenvalue weighted by molar-refractivity contribution is 0.0940. The molecule has 0 bridgehead atoms. The Morgan fingerprint density at radius 3 is 2.52 bits per heavy atom. The predicted octanol–water partition coefficient (Wildman–Crippen LogP) is 3.97. The average molecular weight is 359 g/mol. The second kappa shape index (κ2) is 7.49. The van der Waals surface area contributed by atoms with Crippen molar-refractivity contribution in [3.63, 3.8) is 0 Å². The van der Waals surface area contributed by atoms with Gasteiger partial charge in [0.1, 0.15) is 0 Å². The Morgan fingerprint density at radius 2 is 1.81 bits per heavy atom. The van der Waals surface area contributed by atoms with Crippen LogP contribution in [-0.2, 0) is 0 Å². The third-order valence-corrected chi connectivity index (χ3v) is 5.33. The molecule has 1 fully saturated rings. The van der Waals surface area contributed by atoms with E-state index in [2.05, 4.69) is 24.3 Å². The van der Waals surface area contributed by atoms with Crippen molar-refractivity contribution in [2.24, 2.45) is 5.92 Å². The summed E-state index contributed by atoms with van der Waals surface area (Å²) in [7, 11) is 4.18. The molecule has 1 aromatic heterocycles. The maximum atomic E-state index is 13.1. The molecule has 0 aliphatic heterocycles. The molecule has 1 aliphatic carbocycles. The van der Waals surface area contributed by atoms with Crippen LogP contribution >= 0.6 is 0 Å². The number of nitrogens with zero attached hydrogens (tertiary/aromatic N) is 2. The van der Waals surface area contributed by atoms with Gasteiger partial charge in [-0.1, -0.05) is 48.5 Å². The highest BCUT2D eigenvalue weighted by Crippen LogP contribution is 2.34. The first kappa shape index (κ1) is 17.7. The fourth-order valence-corrected chi connectivity index (χ4v) is 3.66. The average Bonchev–Trinajstić information content (AvgIpc) is 3.52. The Labute approximate surface area is 160 Å². The van der Waals surface area contributed by atoms with Crippen LogP contribution in [0.5, 0.6) is 0 Å². The lowest BCUT2D eigenvalue weighted by atomic mass is 10.0. The maximum Gasteiger partial charge on any atom is 0.252 e. The predicted molar refractivity (Wildman–Crippen MR) is 110 cm³/mol. The van der Waals surface area contributed by atoms with Gasteiger partial charge in [-0.15, -0.1) is 0 Å². The van der Waals surface area contributed by atoms with E-state index >= 15 is 0 Å². The van der Waals surface area contributed by atoms with Crippen LogP contribution in [0.25, 0.3) is 22.2 Å².